The smallest absolute Gasteiger partial charge is 0.445 e. The van der Waals surface area contributed by atoms with Crippen molar-refractivity contribution in [3.8, 4) is 0 Å². The Morgan fingerprint density at radius 1 is 1.42 bits per heavy atom. The van der Waals surface area contributed by atoms with Crippen LogP contribution in [-0.4, -0.2) is 36.7 Å². The number of hydrogen-bond donors (Lipinski definition) is 0. The molecule has 0 spiro atoms. The van der Waals surface area contributed by atoms with Gasteiger partial charge in [0.1, 0.15) is 5.60 Å². The van der Waals surface area contributed by atoms with Gasteiger partial charge in [-0.25, -0.2) is 4.79 Å². The molecule has 0 aliphatic carbocycles. The largest absolute Gasteiger partial charge is 1.00 e. The molecule has 8 heteroatoms. The average molecular weight is 303 g/mol. The number of nitrogens with zero attached hydrogens (tertiary/aromatic N) is 1. The molecule has 1 aliphatic rings. The van der Waals surface area contributed by atoms with E-state index in [1.54, 1.807) is 20.8 Å². The minimum Gasteiger partial charge on any atom is -0.445 e. The summed E-state index contributed by atoms with van der Waals surface area (Å²) in [4.78, 5) is 13.0. The minimum atomic E-state index is -4.96. The van der Waals surface area contributed by atoms with Crippen LogP contribution in [0.25, 0.3) is 0 Å². The Morgan fingerprint density at radius 3 is 2.32 bits per heavy atom. The van der Waals surface area contributed by atoms with Gasteiger partial charge in [-0.1, -0.05) is 13.0 Å². The molecule has 0 saturated carbocycles. The van der Waals surface area contributed by atoms with Crippen LogP contribution in [0, 0.1) is 5.92 Å². The van der Waals surface area contributed by atoms with E-state index in [1.165, 1.54) is 11.8 Å². The molecule has 3 nitrogen and oxygen atoms in total. The fraction of sp³-hybridized carbons (Fsp3) is 0.727. The van der Waals surface area contributed by atoms with Gasteiger partial charge in [0.15, 0.2) is 0 Å². The maximum Gasteiger partial charge on any atom is 1.00 e. The third-order valence-electron chi connectivity index (χ3n) is 2.64. The Morgan fingerprint density at radius 2 is 1.95 bits per heavy atom. The Hall–Kier alpha value is 0.501. The van der Waals surface area contributed by atoms with E-state index in [4.69, 9.17) is 4.74 Å². The van der Waals surface area contributed by atoms with E-state index < -0.39 is 30.1 Å². The third kappa shape index (κ3) is 6.20. The van der Waals surface area contributed by atoms with Gasteiger partial charge < -0.3 is 22.6 Å². The molecule has 0 aromatic rings. The molecule has 0 aromatic heterocycles. The van der Waals surface area contributed by atoms with Gasteiger partial charge in [0.2, 0.25) is 0 Å². The molecule has 0 aromatic carbocycles. The number of amides is 1. The quantitative estimate of drug-likeness (QED) is 0.647. The van der Waals surface area contributed by atoms with E-state index in [1.807, 2.05) is 0 Å². The van der Waals surface area contributed by atoms with Crippen molar-refractivity contribution in [2.75, 3.05) is 13.1 Å². The van der Waals surface area contributed by atoms with Crippen molar-refractivity contribution >= 4 is 13.1 Å². The summed E-state index contributed by atoms with van der Waals surface area (Å²) in [6, 6.07) is 0. The van der Waals surface area contributed by atoms with E-state index >= 15 is 0 Å². The van der Waals surface area contributed by atoms with Crippen LogP contribution in [0.4, 0.5) is 17.7 Å². The van der Waals surface area contributed by atoms with E-state index in [9.17, 15) is 17.7 Å². The van der Waals surface area contributed by atoms with Crippen LogP contribution in [-0.2, 0) is 4.74 Å². The number of halogens is 3. The first-order valence-electron chi connectivity index (χ1n) is 5.88. The van der Waals surface area contributed by atoms with E-state index in [0.29, 0.717) is 0 Å². The number of ether oxygens (including phenoxy) is 1. The molecule has 1 unspecified atom stereocenters. The molecule has 0 bridgehead atoms. The second-order valence-electron chi connectivity index (χ2n) is 5.57. The molecule has 0 radical (unpaired) electrons. The summed E-state index contributed by atoms with van der Waals surface area (Å²) in [5.74, 6) is -0.703. The number of carbonyl (C=O) groups excluding carboxylic acids is 1. The van der Waals surface area contributed by atoms with Crippen LogP contribution in [0.1, 0.15) is 27.7 Å². The maximum atomic E-state index is 12.7. The van der Waals surface area contributed by atoms with E-state index in [2.05, 4.69) is 0 Å². The summed E-state index contributed by atoms with van der Waals surface area (Å²) in [6.45, 7) is 1.67. The van der Waals surface area contributed by atoms with Gasteiger partial charge >= 0.3 is 64.5 Å². The number of hydrogen-bond acceptors (Lipinski definition) is 2. The van der Waals surface area contributed by atoms with Crippen LogP contribution in [0.3, 0.4) is 0 Å². The minimum absolute atomic E-state index is 0. The van der Waals surface area contributed by atoms with Gasteiger partial charge in [0.05, 0.1) is 0 Å². The molecule has 0 N–H and O–H groups in total. The molecular formula is C11H18BF3KNO2. The Labute approximate surface area is 154 Å². The normalized spacial score (nSPS) is 20.5. The standard InChI is InChI=1S/C11H18BF3NO2.K/c1-8-7-16(10(17)18-11(2,3)4)6-5-9(8)12(13,14)15;/h5,8H,6-7H2,1-4H3;/q-1;+1. The molecule has 104 valence electrons. The second-order valence-corrected chi connectivity index (χ2v) is 5.57. The van der Waals surface area contributed by atoms with Crippen LogP contribution in [0.15, 0.2) is 11.5 Å². The summed E-state index contributed by atoms with van der Waals surface area (Å²) in [5, 5.41) is 0. The molecule has 0 saturated heterocycles. The molecule has 19 heavy (non-hydrogen) atoms. The number of carbonyl (C=O) groups is 1. The molecule has 0 fully saturated rings. The predicted molar refractivity (Wildman–Crippen MR) is 64.1 cm³/mol. The van der Waals surface area contributed by atoms with Crippen LogP contribution in [0.2, 0.25) is 0 Å². The zero-order chi connectivity index (χ0) is 14.1. The van der Waals surface area contributed by atoms with Gasteiger partial charge in [-0.2, -0.15) is 0 Å². The van der Waals surface area contributed by atoms with Crippen molar-refractivity contribution < 1.29 is 73.9 Å². The van der Waals surface area contributed by atoms with Gasteiger partial charge in [-0.3, -0.25) is 0 Å². The van der Waals surface area contributed by atoms with Crippen molar-refractivity contribution in [3.05, 3.63) is 11.5 Å². The predicted octanol–water partition coefficient (Wildman–Crippen LogP) is 0.190. The molecule has 1 atom stereocenters. The fourth-order valence-corrected chi connectivity index (χ4v) is 1.86. The van der Waals surface area contributed by atoms with Gasteiger partial charge in [0, 0.05) is 13.1 Å². The topological polar surface area (TPSA) is 29.5 Å². The molecule has 1 amide bonds. The third-order valence-corrected chi connectivity index (χ3v) is 2.64. The van der Waals surface area contributed by atoms with Gasteiger partial charge in [-0.15, -0.1) is 5.47 Å². The zero-order valence-electron chi connectivity index (χ0n) is 12.0. The summed E-state index contributed by atoms with van der Waals surface area (Å²) < 4.78 is 43.1. The second kappa shape index (κ2) is 6.98. The van der Waals surface area contributed by atoms with Crippen molar-refractivity contribution in [3.63, 3.8) is 0 Å². The SMILES string of the molecule is CC1CN(C(=O)OC(C)(C)C)CC=C1[B-](F)(F)F.[K+]. The monoisotopic (exact) mass is 303 g/mol. The molecule has 1 heterocycles. The van der Waals surface area contributed by atoms with Crippen molar-refractivity contribution in [2.24, 2.45) is 5.92 Å². The van der Waals surface area contributed by atoms with Crippen LogP contribution >= 0.6 is 0 Å². The Balaban J connectivity index is 0.00000324. The summed E-state index contributed by atoms with van der Waals surface area (Å²) in [7, 11) is 0. The molecule has 1 aliphatic heterocycles. The van der Waals surface area contributed by atoms with Crippen molar-refractivity contribution in [1.29, 1.82) is 0 Å². The zero-order valence-corrected chi connectivity index (χ0v) is 15.2. The molecular weight excluding hydrogens is 285 g/mol. The molecule has 1 rings (SSSR count). The summed E-state index contributed by atoms with van der Waals surface area (Å²) in [5.41, 5.74) is -1.15. The Bertz CT molecular complexity index is 366. The van der Waals surface area contributed by atoms with Crippen LogP contribution in [0.5, 0.6) is 0 Å². The average Bonchev–Trinajstić information content (AvgIpc) is 2.12. The summed E-state index contributed by atoms with van der Waals surface area (Å²) >= 11 is 0. The Kier molecular flexibility index (Phi) is 7.16. The van der Waals surface area contributed by atoms with Gasteiger partial charge in [-0.05, 0) is 26.7 Å². The summed E-state index contributed by atoms with van der Waals surface area (Å²) in [6.07, 6.45) is 0.511. The van der Waals surface area contributed by atoms with Gasteiger partial charge in [0.25, 0.3) is 0 Å². The van der Waals surface area contributed by atoms with Crippen molar-refractivity contribution in [1.82, 2.24) is 4.90 Å². The first kappa shape index (κ1) is 19.5. The number of rotatable bonds is 1. The van der Waals surface area contributed by atoms with E-state index in [-0.39, 0.29) is 64.5 Å². The maximum absolute atomic E-state index is 12.7. The van der Waals surface area contributed by atoms with Crippen molar-refractivity contribution in [2.45, 2.75) is 33.3 Å². The van der Waals surface area contributed by atoms with E-state index in [0.717, 1.165) is 6.08 Å². The first-order valence-corrected chi connectivity index (χ1v) is 5.88. The van der Waals surface area contributed by atoms with Crippen LogP contribution < -0.4 is 51.4 Å². The fourth-order valence-electron chi connectivity index (χ4n) is 1.86. The first-order chi connectivity index (χ1) is 8.00.